The summed E-state index contributed by atoms with van der Waals surface area (Å²) in [5.74, 6) is 0.0106. The van der Waals surface area contributed by atoms with Gasteiger partial charge >= 0.3 is 0 Å². The van der Waals surface area contributed by atoms with E-state index in [0.29, 0.717) is 6.54 Å². The van der Waals surface area contributed by atoms with Crippen LogP contribution in [-0.4, -0.2) is 36.2 Å². The van der Waals surface area contributed by atoms with Crippen molar-refractivity contribution >= 4 is 5.91 Å². The quantitative estimate of drug-likeness (QED) is 0.560. The van der Waals surface area contributed by atoms with Crippen LogP contribution >= 0.6 is 0 Å². The fraction of sp³-hybridized carbons (Fsp3) is 0.900. The summed E-state index contributed by atoms with van der Waals surface area (Å²) in [6, 6.07) is 0. The summed E-state index contributed by atoms with van der Waals surface area (Å²) in [5.41, 5.74) is -0.280. The Labute approximate surface area is 85.1 Å². The number of hydrogen-bond donors (Lipinski definition) is 3. The fourth-order valence-electron chi connectivity index (χ4n) is 1.31. The molecule has 1 aliphatic carbocycles. The number of hydrogen-bond acceptors (Lipinski definition) is 3. The van der Waals surface area contributed by atoms with Crippen LogP contribution in [0.4, 0.5) is 0 Å². The summed E-state index contributed by atoms with van der Waals surface area (Å²) in [6.45, 7) is 5.55. The van der Waals surface area contributed by atoms with Crippen molar-refractivity contribution in [1.29, 1.82) is 0 Å². The first kappa shape index (κ1) is 11.5. The van der Waals surface area contributed by atoms with Gasteiger partial charge in [0.1, 0.15) is 0 Å². The largest absolute Gasteiger partial charge is 0.394 e. The van der Waals surface area contributed by atoms with E-state index in [4.69, 9.17) is 5.11 Å². The Bertz CT molecular complexity index is 202. The first-order valence-electron chi connectivity index (χ1n) is 5.27. The van der Waals surface area contributed by atoms with Crippen molar-refractivity contribution in [2.75, 3.05) is 19.7 Å². The van der Waals surface area contributed by atoms with E-state index in [9.17, 15) is 4.79 Å². The van der Waals surface area contributed by atoms with Gasteiger partial charge in [-0.15, -0.1) is 0 Å². The molecule has 0 heterocycles. The minimum atomic E-state index is -0.280. The van der Waals surface area contributed by atoms with Crippen LogP contribution in [0.5, 0.6) is 0 Å². The van der Waals surface area contributed by atoms with Gasteiger partial charge in [0.05, 0.1) is 12.1 Å². The second-order valence-electron chi connectivity index (χ2n) is 4.14. The van der Waals surface area contributed by atoms with Crippen LogP contribution in [0.3, 0.4) is 0 Å². The van der Waals surface area contributed by atoms with Crippen molar-refractivity contribution in [1.82, 2.24) is 10.6 Å². The van der Waals surface area contributed by atoms with Crippen molar-refractivity contribution in [2.45, 2.75) is 32.2 Å². The molecule has 0 aromatic heterocycles. The Morgan fingerprint density at radius 2 is 2.21 bits per heavy atom. The number of carbonyl (C=O) groups is 1. The minimum Gasteiger partial charge on any atom is -0.394 e. The Kier molecular flexibility index (Phi) is 3.89. The maximum absolute atomic E-state index is 11.6. The molecule has 4 heteroatoms. The van der Waals surface area contributed by atoms with Gasteiger partial charge < -0.3 is 15.7 Å². The summed E-state index contributed by atoms with van der Waals surface area (Å²) >= 11 is 0. The topological polar surface area (TPSA) is 61.4 Å². The number of amides is 1. The molecule has 0 radical (unpaired) electrons. The maximum atomic E-state index is 11.6. The van der Waals surface area contributed by atoms with Crippen molar-refractivity contribution in [2.24, 2.45) is 5.92 Å². The molecule has 0 aliphatic heterocycles. The SMILES string of the molecule is CCNCC(C)C(=O)NC1(CO)CC1. The third-order valence-corrected chi connectivity index (χ3v) is 2.69. The number of aliphatic hydroxyl groups is 1. The monoisotopic (exact) mass is 200 g/mol. The van der Waals surface area contributed by atoms with E-state index in [1.807, 2.05) is 13.8 Å². The molecule has 0 aromatic carbocycles. The lowest BCUT2D eigenvalue weighted by Gasteiger charge is -2.18. The predicted octanol–water partition coefficient (Wildman–Crippen LogP) is -0.127. The number of aliphatic hydroxyl groups excluding tert-OH is 1. The van der Waals surface area contributed by atoms with Gasteiger partial charge in [-0.2, -0.15) is 0 Å². The minimum absolute atomic E-state index is 0.0287. The van der Waals surface area contributed by atoms with E-state index in [-0.39, 0.29) is 24.0 Å². The fourth-order valence-corrected chi connectivity index (χ4v) is 1.31. The lowest BCUT2D eigenvalue weighted by atomic mass is 10.1. The molecule has 0 bridgehead atoms. The predicted molar refractivity (Wildman–Crippen MR) is 54.9 cm³/mol. The summed E-state index contributed by atoms with van der Waals surface area (Å²) in [5, 5.41) is 15.1. The molecule has 3 N–H and O–H groups in total. The maximum Gasteiger partial charge on any atom is 0.224 e. The third-order valence-electron chi connectivity index (χ3n) is 2.69. The normalized spacial score (nSPS) is 20.2. The lowest BCUT2D eigenvalue weighted by molar-refractivity contribution is -0.125. The zero-order valence-electron chi connectivity index (χ0n) is 8.97. The lowest BCUT2D eigenvalue weighted by Crippen LogP contribution is -2.44. The zero-order chi connectivity index (χ0) is 10.6. The van der Waals surface area contributed by atoms with Gasteiger partial charge in [-0.3, -0.25) is 4.79 Å². The Balaban J connectivity index is 2.27. The molecule has 4 nitrogen and oxygen atoms in total. The van der Waals surface area contributed by atoms with Crippen LogP contribution in [-0.2, 0) is 4.79 Å². The van der Waals surface area contributed by atoms with E-state index >= 15 is 0 Å². The molecular formula is C10H20N2O2. The molecule has 1 aliphatic rings. The Morgan fingerprint density at radius 3 is 2.64 bits per heavy atom. The molecular weight excluding hydrogens is 180 g/mol. The average Bonchev–Trinajstić information content (AvgIpc) is 2.94. The van der Waals surface area contributed by atoms with Crippen molar-refractivity contribution in [3.63, 3.8) is 0 Å². The van der Waals surface area contributed by atoms with Crippen LogP contribution in [0, 0.1) is 5.92 Å². The zero-order valence-corrected chi connectivity index (χ0v) is 8.97. The highest BCUT2D eigenvalue weighted by Crippen LogP contribution is 2.34. The highest BCUT2D eigenvalue weighted by Gasteiger charge is 2.43. The van der Waals surface area contributed by atoms with E-state index in [1.54, 1.807) is 0 Å². The summed E-state index contributed by atoms with van der Waals surface area (Å²) < 4.78 is 0. The first-order chi connectivity index (χ1) is 6.63. The molecule has 1 saturated carbocycles. The van der Waals surface area contributed by atoms with Gasteiger partial charge in [0, 0.05) is 12.5 Å². The molecule has 0 spiro atoms. The number of carbonyl (C=O) groups excluding carboxylic acids is 1. The third kappa shape index (κ3) is 2.96. The molecule has 82 valence electrons. The van der Waals surface area contributed by atoms with Crippen LogP contribution in [0.1, 0.15) is 26.7 Å². The van der Waals surface area contributed by atoms with Gasteiger partial charge in [-0.25, -0.2) is 0 Å². The second kappa shape index (κ2) is 4.75. The van der Waals surface area contributed by atoms with Crippen LogP contribution in [0.2, 0.25) is 0 Å². The molecule has 1 amide bonds. The average molecular weight is 200 g/mol. The molecule has 0 saturated heterocycles. The van der Waals surface area contributed by atoms with Gasteiger partial charge in [-0.1, -0.05) is 13.8 Å². The Hall–Kier alpha value is -0.610. The van der Waals surface area contributed by atoms with E-state index in [2.05, 4.69) is 10.6 Å². The smallest absolute Gasteiger partial charge is 0.224 e. The van der Waals surface area contributed by atoms with Crippen molar-refractivity contribution in [3.05, 3.63) is 0 Å². The van der Waals surface area contributed by atoms with Crippen LogP contribution < -0.4 is 10.6 Å². The standard InChI is InChI=1S/C10H20N2O2/c1-3-11-6-8(2)9(14)12-10(7-13)4-5-10/h8,11,13H,3-7H2,1-2H3,(H,12,14). The van der Waals surface area contributed by atoms with E-state index in [1.165, 1.54) is 0 Å². The van der Waals surface area contributed by atoms with E-state index < -0.39 is 0 Å². The van der Waals surface area contributed by atoms with Gasteiger partial charge in [0.25, 0.3) is 0 Å². The van der Waals surface area contributed by atoms with Crippen molar-refractivity contribution in [3.8, 4) is 0 Å². The van der Waals surface area contributed by atoms with Gasteiger partial charge in [-0.05, 0) is 19.4 Å². The molecule has 1 fully saturated rings. The summed E-state index contributed by atoms with van der Waals surface area (Å²) in [4.78, 5) is 11.6. The second-order valence-corrected chi connectivity index (χ2v) is 4.14. The summed E-state index contributed by atoms with van der Waals surface area (Å²) in [7, 11) is 0. The van der Waals surface area contributed by atoms with Crippen LogP contribution in [0.15, 0.2) is 0 Å². The first-order valence-corrected chi connectivity index (χ1v) is 5.27. The van der Waals surface area contributed by atoms with E-state index in [0.717, 1.165) is 19.4 Å². The van der Waals surface area contributed by atoms with Crippen LogP contribution in [0.25, 0.3) is 0 Å². The van der Waals surface area contributed by atoms with Gasteiger partial charge in [0.15, 0.2) is 0 Å². The van der Waals surface area contributed by atoms with Gasteiger partial charge in [0.2, 0.25) is 5.91 Å². The highest BCUT2D eigenvalue weighted by atomic mass is 16.3. The molecule has 1 atom stereocenters. The highest BCUT2D eigenvalue weighted by molar-refractivity contribution is 5.79. The molecule has 0 aromatic rings. The number of rotatable bonds is 6. The summed E-state index contributed by atoms with van der Waals surface area (Å²) in [6.07, 6.45) is 1.81. The Morgan fingerprint density at radius 1 is 1.57 bits per heavy atom. The number of nitrogens with one attached hydrogen (secondary N) is 2. The van der Waals surface area contributed by atoms with Crippen molar-refractivity contribution < 1.29 is 9.90 Å². The molecule has 14 heavy (non-hydrogen) atoms. The molecule has 1 unspecified atom stereocenters. The molecule has 1 rings (SSSR count).